The lowest BCUT2D eigenvalue weighted by Crippen LogP contribution is -2.15. The fourth-order valence-electron chi connectivity index (χ4n) is 0.967. The summed E-state index contributed by atoms with van der Waals surface area (Å²) in [6.07, 6.45) is 1.47. The zero-order valence-electron chi connectivity index (χ0n) is 8.40. The Morgan fingerprint density at radius 2 is 2.40 bits per heavy atom. The van der Waals surface area contributed by atoms with Crippen LogP contribution in [0.3, 0.4) is 0 Å². The average molecular weight is 228 g/mol. The smallest absolute Gasteiger partial charge is 0.234 e. The molecule has 0 aliphatic carbocycles. The molecule has 1 atom stereocenters. The van der Waals surface area contributed by atoms with Gasteiger partial charge in [0.1, 0.15) is 12.0 Å². The van der Waals surface area contributed by atoms with E-state index in [0.717, 1.165) is 0 Å². The molecule has 82 valence electrons. The van der Waals surface area contributed by atoms with Crippen LogP contribution in [0.1, 0.15) is 6.92 Å². The molecule has 0 aromatic carbocycles. The first-order chi connectivity index (χ1) is 7.22. The topological polar surface area (TPSA) is 68.3 Å². The second kappa shape index (κ2) is 6.32. The Balaban J connectivity index is 2.40. The first-order valence-electron chi connectivity index (χ1n) is 4.59. The lowest BCUT2D eigenvalue weighted by molar-refractivity contribution is -0.114. The minimum absolute atomic E-state index is 0.102. The van der Waals surface area contributed by atoms with E-state index in [2.05, 4.69) is 10.3 Å². The Bertz CT molecular complexity index is 342. The van der Waals surface area contributed by atoms with E-state index in [0.29, 0.717) is 12.4 Å². The van der Waals surface area contributed by atoms with Gasteiger partial charge in [-0.15, -0.1) is 0 Å². The second-order valence-electron chi connectivity index (χ2n) is 2.74. The van der Waals surface area contributed by atoms with Gasteiger partial charge in [0.05, 0.1) is 6.61 Å². The van der Waals surface area contributed by atoms with Crippen LogP contribution in [0.15, 0.2) is 24.4 Å². The van der Waals surface area contributed by atoms with Gasteiger partial charge < -0.3 is 9.84 Å². The maximum absolute atomic E-state index is 11.3. The summed E-state index contributed by atoms with van der Waals surface area (Å²) < 4.78 is 15.9. The van der Waals surface area contributed by atoms with Crippen LogP contribution in [0.5, 0.6) is 0 Å². The summed E-state index contributed by atoms with van der Waals surface area (Å²) in [4.78, 5) is 15.2. The van der Waals surface area contributed by atoms with Gasteiger partial charge in [-0.3, -0.25) is 9.36 Å². The van der Waals surface area contributed by atoms with Crippen LogP contribution < -0.4 is 5.32 Å². The van der Waals surface area contributed by atoms with Crippen molar-refractivity contribution in [3.8, 4) is 0 Å². The number of aromatic nitrogens is 1. The van der Waals surface area contributed by atoms with Crippen molar-refractivity contribution in [2.45, 2.75) is 6.92 Å². The molecule has 0 saturated heterocycles. The molecule has 6 heteroatoms. The Morgan fingerprint density at radius 3 is 3.00 bits per heavy atom. The molecule has 1 heterocycles. The van der Waals surface area contributed by atoms with Crippen LogP contribution in [-0.2, 0) is 13.9 Å². The van der Waals surface area contributed by atoms with Gasteiger partial charge >= 0.3 is 0 Å². The first kappa shape index (κ1) is 11.9. The maximum Gasteiger partial charge on any atom is 0.234 e. The van der Waals surface area contributed by atoms with Gasteiger partial charge in [-0.05, 0) is 19.1 Å². The molecule has 1 rings (SSSR count). The lowest BCUT2D eigenvalue weighted by atomic mass is 10.4. The van der Waals surface area contributed by atoms with Crippen molar-refractivity contribution >= 4 is 19.8 Å². The van der Waals surface area contributed by atoms with Gasteiger partial charge in [0.25, 0.3) is 0 Å². The van der Waals surface area contributed by atoms with E-state index >= 15 is 0 Å². The van der Waals surface area contributed by atoms with E-state index in [1.807, 2.05) is 0 Å². The summed E-state index contributed by atoms with van der Waals surface area (Å²) in [7, 11) is -2.25. The fourth-order valence-corrected chi connectivity index (χ4v) is 1.74. The molecule has 0 fully saturated rings. The quantitative estimate of drug-likeness (QED) is 0.776. The van der Waals surface area contributed by atoms with Crippen LogP contribution in [0, 0.1) is 0 Å². The summed E-state index contributed by atoms with van der Waals surface area (Å²) in [5.74, 6) is 0.111. The molecular formula is C9H13N2O3P. The number of nitrogens with zero attached hydrogens (tertiary/aromatic N) is 1. The monoisotopic (exact) mass is 228 g/mol. The SMILES string of the molecule is CCO[PH](=O)CC(=O)Nc1ccccn1. The first-order valence-corrected chi connectivity index (χ1v) is 6.11. The van der Waals surface area contributed by atoms with Crippen molar-refractivity contribution in [3.05, 3.63) is 24.4 Å². The molecule has 0 radical (unpaired) electrons. The molecule has 1 N–H and O–H groups in total. The number of anilines is 1. The van der Waals surface area contributed by atoms with Gasteiger partial charge in [0.2, 0.25) is 13.9 Å². The third-order valence-electron chi connectivity index (χ3n) is 1.54. The maximum atomic E-state index is 11.3. The molecule has 0 bridgehead atoms. The van der Waals surface area contributed by atoms with Crippen molar-refractivity contribution in [2.24, 2.45) is 0 Å². The van der Waals surface area contributed by atoms with Crippen LogP contribution in [0.2, 0.25) is 0 Å². The number of nitrogens with one attached hydrogen (secondary N) is 1. The minimum atomic E-state index is -2.25. The molecule has 5 nitrogen and oxygen atoms in total. The molecule has 0 aliphatic heterocycles. The van der Waals surface area contributed by atoms with Crippen LogP contribution in [-0.4, -0.2) is 23.7 Å². The van der Waals surface area contributed by atoms with Crippen molar-refractivity contribution < 1.29 is 13.9 Å². The highest BCUT2D eigenvalue weighted by Crippen LogP contribution is 2.21. The molecule has 1 amide bonds. The van der Waals surface area contributed by atoms with E-state index in [-0.39, 0.29) is 12.1 Å². The van der Waals surface area contributed by atoms with E-state index in [1.165, 1.54) is 0 Å². The minimum Gasteiger partial charge on any atom is -0.330 e. The number of carbonyl (C=O) groups excluding carboxylic acids is 1. The molecule has 0 saturated carbocycles. The molecule has 1 unspecified atom stereocenters. The molecule has 0 spiro atoms. The molecule has 1 aromatic heterocycles. The molecular weight excluding hydrogens is 215 g/mol. The Kier molecular flexibility index (Phi) is 5.01. The van der Waals surface area contributed by atoms with Crippen molar-refractivity contribution in [1.29, 1.82) is 0 Å². The summed E-state index contributed by atoms with van der Waals surface area (Å²) in [6.45, 7) is 2.09. The average Bonchev–Trinajstić information content (AvgIpc) is 2.19. The number of carbonyl (C=O) groups is 1. The molecule has 1 aromatic rings. The number of hydrogen-bond acceptors (Lipinski definition) is 4. The van der Waals surface area contributed by atoms with E-state index in [4.69, 9.17) is 4.52 Å². The van der Waals surface area contributed by atoms with Gasteiger partial charge in [0, 0.05) is 6.20 Å². The van der Waals surface area contributed by atoms with E-state index in [9.17, 15) is 9.36 Å². The Labute approximate surface area is 88.7 Å². The molecule has 0 aliphatic rings. The number of pyridine rings is 1. The summed E-state index contributed by atoms with van der Waals surface area (Å²) in [5, 5.41) is 2.53. The number of amides is 1. The summed E-state index contributed by atoms with van der Waals surface area (Å²) >= 11 is 0. The van der Waals surface area contributed by atoms with Crippen LogP contribution in [0.25, 0.3) is 0 Å². The lowest BCUT2D eigenvalue weighted by Gasteiger charge is -2.03. The highest BCUT2D eigenvalue weighted by molar-refractivity contribution is 7.40. The Morgan fingerprint density at radius 1 is 1.60 bits per heavy atom. The number of hydrogen-bond donors (Lipinski definition) is 1. The second-order valence-corrected chi connectivity index (χ2v) is 4.13. The van der Waals surface area contributed by atoms with Crippen molar-refractivity contribution in [3.63, 3.8) is 0 Å². The third kappa shape index (κ3) is 4.72. The summed E-state index contributed by atoms with van der Waals surface area (Å²) in [6, 6.07) is 5.17. The third-order valence-corrected chi connectivity index (χ3v) is 2.76. The predicted molar refractivity (Wildman–Crippen MR) is 58.4 cm³/mol. The predicted octanol–water partition coefficient (Wildman–Crippen LogP) is 1.53. The van der Waals surface area contributed by atoms with Gasteiger partial charge in [-0.1, -0.05) is 6.07 Å². The largest absolute Gasteiger partial charge is 0.330 e. The van der Waals surface area contributed by atoms with Crippen molar-refractivity contribution in [1.82, 2.24) is 4.98 Å². The van der Waals surface area contributed by atoms with Gasteiger partial charge in [-0.2, -0.15) is 0 Å². The Hall–Kier alpha value is -1.19. The zero-order valence-corrected chi connectivity index (χ0v) is 9.40. The fraction of sp³-hybridized carbons (Fsp3) is 0.333. The highest BCUT2D eigenvalue weighted by atomic mass is 31.1. The zero-order chi connectivity index (χ0) is 11.1. The highest BCUT2D eigenvalue weighted by Gasteiger charge is 2.07. The van der Waals surface area contributed by atoms with Gasteiger partial charge in [-0.25, -0.2) is 4.98 Å². The van der Waals surface area contributed by atoms with E-state index in [1.54, 1.807) is 31.3 Å². The standard InChI is InChI=1S/C9H13N2O3P/c1-2-14-15(13)7-9(12)11-8-5-3-4-6-10-8/h3-6,15H,2,7H2,1H3,(H,10,11,12). The number of rotatable bonds is 5. The van der Waals surface area contributed by atoms with Crippen molar-refractivity contribution in [2.75, 3.05) is 18.1 Å². The van der Waals surface area contributed by atoms with Crippen LogP contribution in [0.4, 0.5) is 5.82 Å². The molecule has 15 heavy (non-hydrogen) atoms. The summed E-state index contributed by atoms with van der Waals surface area (Å²) in [5.41, 5.74) is 0. The van der Waals surface area contributed by atoms with Gasteiger partial charge in [0.15, 0.2) is 0 Å². The normalized spacial score (nSPS) is 12.1. The van der Waals surface area contributed by atoms with Crippen LogP contribution >= 0.6 is 8.03 Å². The van der Waals surface area contributed by atoms with E-state index < -0.39 is 8.03 Å².